The first-order valence-corrected chi connectivity index (χ1v) is 7.62. The summed E-state index contributed by atoms with van der Waals surface area (Å²) in [5, 5.41) is 7.42. The highest BCUT2D eigenvalue weighted by atomic mass is 16.5. The van der Waals surface area contributed by atoms with Gasteiger partial charge in [0.1, 0.15) is 5.75 Å². The lowest BCUT2D eigenvalue weighted by Gasteiger charge is -2.13. The van der Waals surface area contributed by atoms with Crippen LogP contribution in [0.3, 0.4) is 0 Å². The van der Waals surface area contributed by atoms with E-state index in [0.29, 0.717) is 12.2 Å². The maximum Gasteiger partial charge on any atom is 0.251 e. The molecule has 2 rings (SSSR count). The highest BCUT2D eigenvalue weighted by Gasteiger charge is 2.15. The topological polar surface area (TPSA) is 56.1 Å². The van der Waals surface area contributed by atoms with Crippen molar-refractivity contribution in [2.24, 2.45) is 0 Å². The Morgan fingerprint density at radius 1 is 1.32 bits per heavy atom. The minimum atomic E-state index is -0.0980. The van der Waals surface area contributed by atoms with Crippen LogP contribution in [0.15, 0.2) is 30.5 Å². The normalized spacial score (nSPS) is 12.0. The van der Waals surface area contributed by atoms with E-state index in [0.717, 1.165) is 23.6 Å². The number of aromatic nitrogens is 2. The van der Waals surface area contributed by atoms with Gasteiger partial charge >= 0.3 is 0 Å². The summed E-state index contributed by atoms with van der Waals surface area (Å²) in [7, 11) is 0. The fourth-order valence-corrected chi connectivity index (χ4v) is 2.35. The lowest BCUT2D eigenvalue weighted by Crippen LogP contribution is -2.26. The molecule has 1 amide bonds. The van der Waals surface area contributed by atoms with Crippen molar-refractivity contribution in [3.8, 4) is 5.75 Å². The summed E-state index contributed by atoms with van der Waals surface area (Å²) in [6, 6.07) is 7.08. The highest BCUT2D eigenvalue weighted by Crippen LogP contribution is 2.17. The van der Waals surface area contributed by atoms with E-state index in [4.69, 9.17) is 4.74 Å². The zero-order chi connectivity index (χ0) is 16.1. The zero-order valence-corrected chi connectivity index (χ0v) is 13.6. The number of hydrogen-bond acceptors (Lipinski definition) is 3. The molecule has 1 aromatic carbocycles. The molecular formula is C17H23N3O2. The Morgan fingerprint density at radius 3 is 2.55 bits per heavy atom. The molecule has 1 N–H and O–H groups in total. The molecule has 22 heavy (non-hydrogen) atoms. The van der Waals surface area contributed by atoms with E-state index in [1.165, 1.54) is 0 Å². The van der Waals surface area contributed by atoms with Crippen molar-refractivity contribution in [2.45, 2.75) is 40.3 Å². The molecule has 0 saturated carbocycles. The molecule has 0 aliphatic heterocycles. The first-order chi connectivity index (χ1) is 10.5. The van der Waals surface area contributed by atoms with Crippen molar-refractivity contribution < 1.29 is 9.53 Å². The fraction of sp³-hybridized carbons (Fsp3) is 0.412. The lowest BCUT2D eigenvalue weighted by atomic mass is 10.1. The van der Waals surface area contributed by atoms with E-state index >= 15 is 0 Å². The number of rotatable bonds is 6. The number of hydrogen-bond donors (Lipinski definition) is 1. The number of ether oxygens (including phenoxy) is 1. The predicted octanol–water partition coefficient (Wildman–Crippen LogP) is 3.10. The first-order valence-electron chi connectivity index (χ1n) is 7.62. The highest BCUT2D eigenvalue weighted by molar-refractivity contribution is 5.94. The number of amides is 1. The van der Waals surface area contributed by atoms with Crippen LogP contribution in [0.25, 0.3) is 0 Å². The minimum Gasteiger partial charge on any atom is -0.494 e. The zero-order valence-electron chi connectivity index (χ0n) is 13.6. The second-order valence-electron chi connectivity index (χ2n) is 5.18. The molecule has 1 atom stereocenters. The smallest absolute Gasteiger partial charge is 0.251 e. The summed E-state index contributed by atoms with van der Waals surface area (Å²) in [4.78, 5) is 12.3. The van der Waals surface area contributed by atoms with Gasteiger partial charge in [-0.1, -0.05) is 0 Å². The van der Waals surface area contributed by atoms with Gasteiger partial charge in [-0.25, -0.2) is 0 Å². The van der Waals surface area contributed by atoms with E-state index in [1.54, 1.807) is 12.1 Å². The lowest BCUT2D eigenvalue weighted by molar-refractivity contribution is 0.0940. The van der Waals surface area contributed by atoms with Crippen LogP contribution >= 0.6 is 0 Å². The Labute approximate surface area is 131 Å². The van der Waals surface area contributed by atoms with Crippen molar-refractivity contribution >= 4 is 5.91 Å². The Bertz CT molecular complexity index is 632. The second-order valence-corrected chi connectivity index (χ2v) is 5.18. The van der Waals surface area contributed by atoms with Crippen molar-refractivity contribution in [3.63, 3.8) is 0 Å². The van der Waals surface area contributed by atoms with E-state index in [-0.39, 0.29) is 11.9 Å². The molecule has 2 aromatic rings. The minimum absolute atomic E-state index is 0.0839. The van der Waals surface area contributed by atoms with E-state index in [9.17, 15) is 4.79 Å². The molecule has 0 aliphatic rings. The standard InChI is InChI=1S/C17H23N3O2/c1-5-20-11-16(13(4)19-20)12(3)18-17(21)14-7-9-15(10-8-14)22-6-2/h7-12H,5-6H2,1-4H3,(H,18,21). The van der Waals surface area contributed by atoms with Crippen LogP contribution in [0.2, 0.25) is 0 Å². The predicted molar refractivity (Wildman–Crippen MR) is 86.1 cm³/mol. The van der Waals surface area contributed by atoms with Crippen molar-refractivity contribution in [3.05, 3.63) is 47.3 Å². The maximum atomic E-state index is 12.3. The van der Waals surface area contributed by atoms with Crippen LogP contribution in [-0.4, -0.2) is 22.3 Å². The van der Waals surface area contributed by atoms with E-state index in [1.807, 2.05) is 50.7 Å². The Morgan fingerprint density at radius 2 is 2.00 bits per heavy atom. The summed E-state index contributed by atoms with van der Waals surface area (Å²) in [6.07, 6.45) is 1.98. The van der Waals surface area contributed by atoms with Gasteiger partial charge in [-0.05, 0) is 52.0 Å². The van der Waals surface area contributed by atoms with Gasteiger partial charge in [-0.15, -0.1) is 0 Å². The van der Waals surface area contributed by atoms with E-state index < -0.39 is 0 Å². The van der Waals surface area contributed by atoms with Crippen molar-refractivity contribution in [2.75, 3.05) is 6.61 Å². The number of carbonyl (C=O) groups is 1. The van der Waals surface area contributed by atoms with Crippen LogP contribution in [0.1, 0.15) is 48.4 Å². The molecule has 0 saturated heterocycles. The number of nitrogens with one attached hydrogen (secondary N) is 1. The third-order valence-electron chi connectivity index (χ3n) is 3.55. The molecule has 0 spiro atoms. The van der Waals surface area contributed by atoms with Crippen LogP contribution in [-0.2, 0) is 6.54 Å². The SMILES string of the molecule is CCOc1ccc(C(=O)NC(C)c2cn(CC)nc2C)cc1. The molecule has 0 radical (unpaired) electrons. The molecular weight excluding hydrogens is 278 g/mol. The van der Waals surface area contributed by atoms with Crippen molar-refractivity contribution in [1.82, 2.24) is 15.1 Å². The van der Waals surface area contributed by atoms with Crippen LogP contribution in [0.5, 0.6) is 5.75 Å². The van der Waals surface area contributed by atoms with Gasteiger partial charge in [-0.3, -0.25) is 9.48 Å². The van der Waals surface area contributed by atoms with Crippen molar-refractivity contribution in [1.29, 1.82) is 0 Å². The van der Waals surface area contributed by atoms with Crippen LogP contribution in [0, 0.1) is 6.92 Å². The number of nitrogens with zero attached hydrogens (tertiary/aromatic N) is 2. The fourth-order valence-electron chi connectivity index (χ4n) is 2.35. The molecule has 0 aliphatic carbocycles. The van der Waals surface area contributed by atoms with Crippen LogP contribution in [0.4, 0.5) is 0 Å². The molecule has 1 heterocycles. The molecule has 1 unspecified atom stereocenters. The molecule has 5 heteroatoms. The molecule has 1 aromatic heterocycles. The third-order valence-corrected chi connectivity index (χ3v) is 3.55. The number of benzene rings is 1. The number of aryl methyl sites for hydroxylation is 2. The largest absolute Gasteiger partial charge is 0.494 e. The molecule has 0 fully saturated rings. The quantitative estimate of drug-likeness (QED) is 0.892. The maximum absolute atomic E-state index is 12.3. The van der Waals surface area contributed by atoms with Gasteiger partial charge in [-0.2, -0.15) is 5.10 Å². The van der Waals surface area contributed by atoms with Gasteiger partial charge in [0.15, 0.2) is 0 Å². The Hall–Kier alpha value is -2.30. The Balaban J connectivity index is 2.05. The average molecular weight is 301 g/mol. The monoisotopic (exact) mass is 301 g/mol. The second kappa shape index (κ2) is 7.11. The summed E-state index contributed by atoms with van der Waals surface area (Å²) in [5.41, 5.74) is 2.61. The van der Waals surface area contributed by atoms with Gasteiger partial charge in [0.05, 0.1) is 18.3 Å². The number of carbonyl (C=O) groups excluding carboxylic acids is 1. The van der Waals surface area contributed by atoms with Gasteiger partial charge in [0, 0.05) is 23.9 Å². The Kier molecular flexibility index (Phi) is 5.20. The summed E-state index contributed by atoms with van der Waals surface area (Å²) in [5.74, 6) is 0.673. The van der Waals surface area contributed by atoms with Gasteiger partial charge in [0.25, 0.3) is 5.91 Å². The molecule has 118 valence electrons. The van der Waals surface area contributed by atoms with E-state index in [2.05, 4.69) is 10.4 Å². The molecule has 5 nitrogen and oxygen atoms in total. The summed E-state index contributed by atoms with van der Waals surface area (Å²) in [6.45, 7) is 9.33. The molecule has 0 bridgehead atoms. The first kappa shape index (κ1) is 16.1. The van der Waals surface area contributed by atoms with Gasteiger partial charge in [0.2, 0.25) is 0 Å². The third kappa shape index (κ3) is 3.67. The summed E-state index contributed by atoms with van der Waals surface area (Å²) >= 11 is 0. The van der Waals surface area contributed by atoms with Gasteiger partial charge < -0.3 is 10.1 Å². The van der Waals surface area contributed by atoms with Crippen LogP contribution < -0.4 is 10.1 Å². The average Bonchev–Trinajstić information content (AvgIpc) is 2.89. The summed E-state index contributed by atoms with van der Waals surface area (Å²) < 4.78 is 7.26.